The molecule has 6 heteroatoms. The molecule has 1 aromatic rings. The van der Waals surface area contributed by atoms with Crippen LogP contribution < -0.4 is 4.74 Å². The molecule has 3 fully saturated rings. The number of fused-ring (bicyclic) bond motifs is 1. The largest absolute Gasteiger partial charge is 0.496 e. The molecule has 0 bridgehead atoms. The van der Waals surface area contributed by atoms with Gasteiger partial charge in [0.1, 0.15) is 18.1 Å². The smallest absolute Gasteiger partial charge is 0.258 e. The minimum atomic E-state index is -0.480. The van der Waals surface area contributed by atoms with Gasteiger partial charge < -0.3 is 19.3 Å². The van der Waals surface area contributed by atoms with Crippen molar-refractivity contribution in [2.45, 2.75) is 63.1 Å². The topological polar surface area (TPSA) is 66.9 Å². The summed E-state index contributed by atoms with van der Waals surface area (Å²) in [5.74, 6) is 0.697. The summed E-state index contributed by atoms with van der Waals surface area (Å²) in [6.07, 6.45) is 7.36. The van der Waals surface area contributed by atoms with Crippen molar-refractivity contribution in [1.82, 2.24) is 9.80 Å². The summed E-state index contributed by atoms with van der Waals surface area (Å²) in [4.78, 5) is 41.9. The third kappa shape index (κ3) is 3.19. The summed E-state index contributed by atoms with van der Waals surface area (Å²) in [7, 11) is 1.56. The highest BCUT2D eigenvalue weighted by atomic mass is 16.5. The fourth-order valence-electron chi connectivity index (χ4n) is 5.33. The van der Waals surface area contributed by atoms with Crippen molar-refractivity contribution in [2.75, 3.05) is 13.7 Å². The number of amides is 2. The molecule has 0 N–H and O–H groups in total. The highest BCUT2D eigenvalue weighted by molar-refractivity contribution is 6.00. The Hall–Kier alpha value is -2.37. The third-order valence-electron chi connectivity index (χ3n) is 6.68. The SMILES string of the molecule is COc1ccccc1C(=O)N1C2CCCC[C@H]2C[C@H]1C(=O)N1CCC[C@H]1C=O. The summed E-state index contributed by atoms with van der Waals surface area (Å²) in [6, 6.07) is 6.47. The zero-order chi connectivity index (χ0) is 19.7. The second-order valence-electron chi connectivity index (χ2n) is 8.15. The van der Waals surface area contributed by atoms with Gasteiger partial charge in [0.05, 0.1) is 18.7 Å². The van der Waals surface area contributed by atoms with Crippen molar-refractivity contribution in [1.29, 1.82) is 0 Å². The van der Waals surface area contributed by atoms with E-state index in [1.54, 1.807) is 24.1 Å². The number of likely N-dealkylation sites (tertiary alicyclic amines) is 2. The highest BCUT2D eigenvalue weighted by Crippen LogP contribution is 2.42. The molecule has 2 amide bonds. The van der Waals surface area contributed by atoms with Crippen LogP contribution >= 0.6 is 0 Å². The first-order chi connectivity index (χ1) is 13.7. The molecule has 4 atom stereocenters. The lowest BCUT2D eigenvalue weighted by Gasteiger charge is -2.35. The van der Waals surface area contributed by atoms with Gasteiger partial charge >= 0.3 is 0 Å². The van der Waals surface area contributed by atoms with Gasteiger partial charge in [-0.25, -0.2) is 0 Å². The molecule has 28 heavy (non-hydrogen) atoms. The average Bonchev–Trinajstić information content (AvgIpc) is 3.37. The normalized spacial score (nSPS) is 29.5. The average molecular weight is 384 g/mol. The number of rotatable bonds is 4. The molecule has 0 radical (unpaired) electrons. The van der Waals surface area contributed by atoms with Crippen molar-refractivity contribution in [2.24, 2.45) is 5.92 Å². The lowest BCUT2D eigenvalue weighted by Crippen LogP contribution is -2.52. The zero-order valence-corrected chi connectivity index (χ0v) is 16.4. The maximum Gasteiger partial charge on any atom is 0.258 e. The first-order valence-electron chi connectivity index (χ1n) is 10.4. The number of benzene rings is 1. The second kappa shape index (κ2) is 7.94. The number of carbonyl (C=O) groups is 3. The van der Waals surface area contributed by atoms with Crippen molar-refractivity contribution in [3.8, 4) is 5.75 Å². The van der Waals surface area contributed by atoms with E-state index in [0.29, 0.717) is 30.2 Å². The number of methoxy groups -OCH3 is 1. The molecular weight excluding hydrogens is 356 g/mol. The zero-order valence-electron chi connectivity index (χ0n) is 16.4. The molecule has 0 aromatic heterocycles. The third-order valence-corrected chi connectivity index (χ3v) is 6.68. The summed E-state index contributed by atoms with van der Waals surface area (Å²) < 4.78 is 5.40. The first-order valence-corrected chi connectivity index (χ1v) is 10.4. The first kappa shape index (κ1) is 19.0. The fourth-order valence-corrected chi connectivity index (χ4v) is 5.33. The molecular formula is C22H28N2O4. The van der Waals surface area contributed by atoms with Gasteiger partial charge in [-0.1, -0.05) is 25.0 Å². The van der Waals surface area contributed by atoms with Crippen LogP contribution in [0.25, 0.3) is 0 Å². The number of ether oxygens (including phenoxy) is 1. The summed E-state index contributed by atoms with van der Waals surface area (Å²) >= 11 is 0. The van der Waals surface area contributed by atoms with Crippen molar-refractivity contribution in [3.63, 3.8) is 0 Å². The van der Waals surface area contributed by atoms with Crippen LogP contribution in [0.15, 0.2) is 24.3 Å². The van der Waals surface area contributed by atoms with Crippen LogP contribution in [0.3, 0.4) is 0 Å². The number of para-hydroxylation sites is 1. The molecule has 2 aliphatic heterocycles. The Kier molecular flexibility index (Phi) is 5.38. The summed E-state index contributed by atoms with van der Waals surface area (Å²) in [5.41, 5.74) is 0.502. The Morgan fingerprint density at radius 2 is 1.89 bits per heavy atom. The molecule has 1 aromatic carbocycles. The van der Waals surface area contributed by atoms with Crippen LogP contribution in [-0.4, -0.2) is 59.7 Å². The van der Waals surface area contributed by atoms with Crippen LogP contribution in [0.2, 0.25) is 0 Å². The minimum Gasteiger partial charge on any atom is -0.496 e. The predicted octanol–water partition coefficient (Wildman–Crippen LogP) is 2.66. The van der Waals surface area contributed by atoms with E-state index in [9.17, 15) is 14.4 Å². The second-order valence-corrected chi connectivity index (χ2v) is 8.15. The molecule has 3 aliphatic rings. The lowest BCUT2D eigenvalue weighted by atomic mass is 9.84. The fraction of sp³-hybridized carbons (Fsp3) is 0.591. The number of aldehydes is 1. The molecule has 6 nitrogen and oxygen atoms in total. The molecule has 1 saturated carbocycles. The Morgan fingerprint density at radius 1 is 1.11 bits per heavy atom. The van der Waals surface area contributed by atoms with Gasteiger partial charge in [-0.05, 0) is 50.2 Å². The van der Waals surface area contributed by atoms with Gasteiger partial charge in [-0.3, -0.25) is 9.59 Å². The van der Waals surface area contributed by atoms with Gasteiger partial charge in [-0.2, -0.15) is 0 Å². The molecule has 1 aliphatic carbocycles. The van der Waals surface area contributed by atoms with E-state index >= 15 is 0 Å². The van der Waals surface area contributed by atoms with Crippen LogP contribution in [-0.2, 0) is 9.59 Å². The van der Waals surface area contributed by atoms with E-state index < -0.39 is 6.04 Å². The molecule has 4 rings (SSSR count). The van der Waals surface area contributed by atoms with Crippen LogP contribution in [0, 0.1) is 5.92 Å². The summed E-state index contributed by atoms with van der Waals surface area (Å²) in [5, 5.41) is 0. The van der Waals surface area contributed by atoms with Gasteiger partial charge in [0.25, 0.3) is 5.91 Å². The van der Waals surface area contributed by atoms with Gasteiger partial charge in [0, 0.05) is 12.6 Å². The number of hydrogen-bond donors (Lipinski definition) is 0. The van der Waals surface area contributed by atoms with Gasteiger partial charge in [-0.15, -0.1) is 0 Å². The van der Waals surface area contributed by atoms with E-state index in [-0.39, 0.29) is 23.9 Å². The molecule has 2 heterocycles. The molecule has 150 valence electrons. The van der Waals surface area contributed by atoms with Gasteiger partial charge in [0.15, 0.2) is 0 Å². The quantitative estimate of drug-likeness (QED) is 0.749. The highest BCUT2D eigenvalue weighted by Gasteiger charge is 2.49. The summed E-state index contributed by atoms with van der Waals surface area (Å²) in [6.45, 7) is 0.602. The standard InChI is InChI=1S/C22H28N2O4/c1-28-20-11-5-3-9-17(20)21(26)24-18-10-4-2-7-15(18)13-19(24)22(27)23-12-6-8-16(23)14-25/h3,5,9,11,14-16,18-19H,2,4,6-8,10,12-13H2,1H3/t15-,16-,18?,19-/m0/s1. The Bertz CT molecular complexity index is 765. The Labute approximate surface area is 165 Å². The van der Waals surface area contributed by atoms with Crippen LogP contribution in [0.4, 0.5) is 0 Å². The lowest BCUT2D eigenvalue weighted by molar-refractivity contribution is -0.138. The van der Waals surface area contributed by atoms with Crippen molar-refractivity contribution < 1.29 is 19.1 Å². The van der Waals surface area contributed by atoms with Crippen molar-refractivity contribution in [3.05, 3.63) is 29.8 Å². The van der Waals surface area contributed by atoms with Crippen LogP contribution in [0.5, 0.6) is 5.75 Å². The number of hydrogen-bond acceptors (Lipinski definition) is 4. The van der Waals surface area contributed by atoms with E-state index in [1.807, 2.05) is 17.0 Å². The van der Waals surface area contributed by atoms with E-state index in [1.165, 1.54) is 0 Å². The Morgan fingerprint density at radius 3 is 2.68 bits per heavy atom. The van der Waals surface area contributed by atoms with E-state index in [2.05, 4.69) is 0 Å². The Balaban J connectivity index is 1.67. The van der Waals surface area contributed by atoms with E-state index in [4.69, 9.17) is 4.74 Å². The minimum absolute atomic E-state index is 0.0627. The maximum absolute atomic E-state index is 13.6. The molecule has 0 spiro atoms. The van der Waals surface area contributed by atoms with Crippen molar-refractivity contribution >= 4 is 18.1 Å². The predicted molar refractivity (Wildman–Crippen MR) is 104 cm³/mol. The maximum atomic E-state index is 13.6. The number of nitrogens with zero attached hydrogens (tertiary/aromatic N) is 2. The van der Waals surface area contributed by atoms with Gasteiger partial charge in [0.2, 0.25) is 5.91 Å². The monoisotopic (exact) mass is 384 g/mol. The molecule has 2 saturated heterocycles. The van der Waals surface area contributed by atoms with Crippen LogP contribution in [0.1, 0.15) is 55.3 Å². The molecule has 1 unspecified atom stereocenters. The van der Waals surface area contributed by atoms with E-state index in [0.717, 1.165) is 44.8 Å². The number of carbonyl (C=O) groups excluding carboxylic acids is 3.